The third-order valence-electron chi connectivity index (χ3n) is 7.81. The number of benzene rings is 4. The van der Waals surface area contributed by atoms with Crippen LogP contribution in [0.2, 0.25) is 0 Å². The molecule has 6 rings (SSSR count). The van der Waals surface area contributed by atoms with Crippen LogP contribution in [0, 0.1) is 19.3 Å². The Morgan fingerprint density at radius 1 is 0.833 bits per heavy atom. The summed E-state index contributed by atoms with van der Waals surface area (Å²) < 4.78 is 2.36. The molecule has 0 amide bonds. The molecule has 0 saturated heterocycles. The van der Waals surface area contributed by atoms with E-state index >= 15 is 0 Å². The molecule has 182 valence electrons. The zero-order valence-corrected chi connectivity index (χ0v) is 23.7. The molecule has 0 bridgehead atoms. The van der Waals surface area contributed by atoms with Crippen LogP contribution in [0.3, 0.4) is 0 Å². The van der Waals surface area contributed by atoms with Crippen molar-refractivity contribution in [3.05, 3.63) is 77.0 Å². The third kappa shape index (κ3) is 3.57. The lowest BCUT2D eigenvalue weighted by molar-refractivity contribution is -0.659. The fraction of sp³-hybridized carbons (Fsp3) is 0.324. The molecule has 1 aliphatic rings. The summed E-state index contributed by atoms with van der Waals surface area (Å²) in [5, 5.41) is 8.28. The van der Waals surface area contributed by atoms with E-state index in [0.717, 1.165) is 6.42 Å². The summed E-state index contributed by atoms with van der Waals surface area (Å²) in [5.74, 6) is 0.523. The van der Waals surface area contributed by atoms with Gasteiger partial charge in [-0.3, -0.25) is 0 Å². The highest BCUT2D eigenvalue weighted by Crippen LogP contribution is 2.54. The van der Waals surface area contributed by atoms with Crippen molar-refractivity contribution in [1.29, 1.82) is 0 Å². The highest BCUT2D eigenvalue weighted by Gasteiger charge is 2.33. The lowest BCUT2D eigenvalue weighted by Crippen LogP contribution is -2.32. The van der Waals surface area contributed by atoms with E-state index in [1.165, 1.54) is 75.6 Å². The monoisotopic (exact) mass is 490 g/mol. The molecular weight excluding hydrogens is 454 g/mol. The molecule has 0 unspecified atom stereocenters. The number of pyridine rings is 1. The second-order valence-corrected chi connectivity index (χ2v) is 13.3. The van der Waals surface area contributed by atoms with Gasteiger partial charge in [0.15, 0.2) is 6.20 Å². The molecule has 1 aromatic heterocycles. The van der Waals surface area contributed by atoms with E-state index in [-0.39, 0.29) is 5.41 Å². The summed E-state index contributed by atoms with van der Waals surface area (Å²) in [7, 11) is 2.22. The van der Waals surface area contributed by atoms with Crippen molar-refractivity contribution in [3.8, 4) is 11.3 Å². The molecule has 1 nitrogen and oxygen atoms in total. The highest BCUT2D eigenvalue weighted by molar-refractivity contribution is 8.00. The minimum atomic E-state index is 0.195. The normalized spacial score (nSPS) is 13.2. The maximum Gasteiger partial charge on any atom is 0.222 e. The van der Waals surface area contributed by atoms with Gasteiger partial charge in [-0.1, -0.05) is 88.3 Å². The maximum atomic E-state index is 2.41. The average Bonchev–Trinajstić information content (AvgIpc) is 2.82. The standard InChI is InChI=1S/C34H36NS/c1-19(2)22-10-12-25-24(16-22)17-23-13-14-35(8)31-29-21(4)27-15-20(3)9-11-26(27)28(18-34(5,6)7)33(29)36-32(25)30(23)31/h9-17,19H,18H2,1-8H3/q+1. The van der Waals surface area contributed by atoms with Crippen LogP contribution in [0.1, 0.15) is 62.8 Å². The Hall–Kier alpha value is -2.84. The lowest BCUT2D eigenvalue weighted by atomic mass is 9.82. The van der Waals surface area contributed by atoms with Crippen molar-refractivity contribution in [2.75, 3.05) is 0 Å². The summed E-state index contributed by atoms with van der Waals surface area (Å²) in [6.45, 7) is 16.2. The molecule has 0 spiro atoms. The van der Waals surface area contributed by atoms with Gasteiger partial charge in [-0.25, -0.2) is 4.57 Å². The number of hydrogen-bond acceptors (Lipinski definition) is 1. The van der Waals surface area contributed by atoms with E-state index in [1.807, 2.05) is 11.8 Å². The zero-order valence-electron chi connectivity index (χ0n) is 22.8. The second-order valence-electron chi connectivity index (χ2n) is 12.3. The van der Waals surface area contributed by atoms with Gasteiger partial charge >= 0.3 is 0 Å². The van der Waals surface area contributed by atoms with Gasteiger partial charge < -0.3 is 0 Å². The Balaban J connectivity index is 1.79. The quantitative estimate of drug-likeness (QED) is 0.173. The number of aromatic nitrogens is 1. The van der Waals surface area contributed by atoms with Gasteiger partial charge in [0.1, 0.15) is 7.05 Å². The molecule has 0 saturated carbocycles. The fourth-order valence-corrected chi connectivity index (χ4v) is 7.49. The molecule has 1 aliphatic heterocycles. The van der Waals surface area contributed by atoms with Crippen molar-refractivity contribution >= 4 is 44.1 Å². The predicted octanol–water partition coefficient (Wildman–Crippen LogP) is 9.43. The van der Waals surface area contributed by atoms with Gasteiger partial charge in [0.05, 0.1) is 10.9 Å². The summed E-state index contributed by atoms with van der Waals surface area (Å²) in [6.07, 6.45) is 3.31. The van der Waals surface area contributed by atoms with Crippen LogP contribution in [-0.4, -0.2) is 0 Å². The zero-order chi connectivity index (χ0) is 25.5. The van der Waals surface area contributed by atoms with Gasteiger partial charge in [-0.2, -0.15) is 0 Å². The minimum absolute atomic E-state index is 0.195. The van der Waals surface area contributed by atoms with Crippen LogP contribution in [0.25, 0.3) is 43.6 Å². The van der Waals surface area contributed by atoms with E-state index in [4.69, 9.17) is 0 Å². The Kier molecular flexibility index (Phi) is 5.29. The molecule has 0 aliphatic carbocycles. The first kappa shape index (κ1) is 23.6. The SMILES string of the molecule is Cc1ccc2c(CC(C)(C)C)c3c(c(C)c2c1)-c1c2c(c4ccc(C(C)C)cc4cc2cc[n+]1C)S3. The van der Waals surface area contributed by atoms with E-state index in [2.05, 4.69) is 115 Å². The van der Waals surface area contributed by atoms with Crippen LogP contribution in [0.15, 0.2) is 64.5 Å². The first-order chi connectivity index (χ1) is 17.0. The van der Waals surface area contributed by atoms with E-state index in [1.54, 1.807) is 0 Å². The number of nitrogens with zero attached hydrogens (tertiary/aromatic N) is 1. The van der Waals surface area contributed by atoms with Crippen molar-refractivity contribution < 1.29 is 4.57 Å². The van der Waals surface area contributed by atoms with Crippen molar-refractivity contribution in [1.82, 2.24) is 0 Å². The summed E-state index contributed by atoms with van der Waals surface area (Å²) in [4.78, 5) is 2.87. The minimum Gasteiger partial charge on any atom is -0.200 e. The molecule has 4 aromatic carbocycles. The number of hydrogen-bond donors (Lipinski definition) is 0. The van der Waals surface area contributed by atoms with Crippen LogP contribution >= 0.6 is 11.8 Å². The molecule has 0 fully saturated rings. The number of fused-ring (bicyclic) bond motifs is 5. The highest BCUT2D eigenvalue weighted by atomic mass is 32.2. The first-order valence-corrected chi connectivity index (χ1v) is 14.0. The number of rotatable bonds is 2. The number of aryl methyl sites for hydroxylation is 3. The predicted molar refractivity (Wildman–Crippen MR) is 156 cm³/mol. The Labute approximate surface area is 219 Å². The molecule has 2 heteroatoms. The van der Waals surface area contributed by atoms with Crippen LogP contribution in [0.4, 0.5) is 0 Å². The van der Waals surface area contributed by atoms with Gasteiger partial charge in [0.25, 0.3) is 0 Å². The van der Waals surface area contributed by atoms with Crippen molar-refractivity contribution in [2.45, 2.75) is 70.6 Å². The topological polar surface area (TPSA) is 3.88 Å². The van der Waals surface area contributed by atoms with Crippen molar-refractivity contribution in [2.24, 2.45) is 12.5 Å². The van der Waals surface area contributed by atoms with Crippen LogP contribution in [-0.2, 0) is 13.5 Å². The molecule has 36 heavy (non-hydrogen) atoms. The van der Waals surface area contributed by atoms with Crippen molar-refractivity contribution in [3.63, 3.8) is 0 Å². The van der Waals surface area contributed by atoms with E-state index in [0.29, 0.717) is 5.92 Å². The molecular formula is C34H36NS+. The summed E-state index contributed by atoms with van der Waals surface area (Å²) in [6, 6.07) is 18.9. The lowest BCUT2D eigenvalue weighted by Gasteiger charge is -2.28. The fourth-order valence-electron chi connectivity index (χ4n) is 6.01. The largest absolute Gasteiger partial charge is 0.222 e. The molecule has 2 heterocycles. The third-order valence-corrected chi connectivity index (χ3v) is 9.09. The Bertz CT molecular complexity index is 1720. The molecule has 0 N–H and O–H groups in total. The van der Waals surface area contributed by atoms with Crippen LogP contribution < -0.4 is 4.57 Å². The van der Waals surface area contributed by atoms with Gasteiger partial charge in [-0.05, 0) is 81.3 Å². The second kappa shape index (κ2) is 8.08. The van der Waals surface area contributed by atoms with Gasteiger partial charge in [0.2, 0.25) is 5.69 Å². The molecule has 5 aromatic rings. The first-order valence-electron chi connectivity index (χ1n) is 13.2. The van der Waals surface area contributed by atoms with E-state index in [9.17, 15) is 0 Å². The molecule has 0 radical (unpaired) electrons. The Morgan fingerprint density at radius 3 is 2.31 bits per heavy atom. The average molecular weight is 491 g/mol. The van der Waals surface area contributed by atoms with Crippen LogP contribution in [0.5, 0.6) is 0 Å². The summed E-state index contributed by atoms with van der Waals surface area (Å²) in [5.41, 5.74) is 8.62. The molecule has 0 atom stereocenters. The van der Waals surface area contributed by atoms with E-state index < -0.39 is 0 Å². The summed E-state index contributed by atoms with van der Waals surface area (Å²) >= 11 is 2.01. The Morgan fingerprint density at radius 2 is 1.58 bits per heavy atom. The smallest absolute Gasteiger partial charge is 0.200 e. The van der Waals surface area contributed by atoms with Gasteiger partial charge in [-0.15, -0.1) is 0 Å². The maximum absolute atomic E-state index is 2.41. The van der Waals surface area contributed by atoms with Gasteiger partial charge in [0, 0.05) is 15.9 Å².